The zero-order chi connectivity index (χ0) is 26.9. The van der Waals surface area contributed by atoms with Crippen LogP contribution in [0.25, 0.3) is 22.6 Å². The maximum atomic E-state index is 13.2. The third-order valence-corrected chi connectivity index (χ3v) is 6.27. The molecular weight excluding hydrogens is 470 g/mol. The average Bonchev–Trinajstić information content (AvgIpc) is 2.82. The molecule has 194 valence electrons. The van der Waals surface area contributed by atoms with E-state index < -0.39 is 22.9 Å². The third-order valence-electron chi connectivity index (χ3n) is 6.27. The van der Waals surface area contributed by atoms with Crippen LogP contribution >= 0.6 is 0 Å². The number of carbonyl (C=O) groups is 1. The number of hydrogen-bond donors (Lipinski definition) is 1. The Morgan fingerprint density at radius 1 is 1.03 bits per heavy atom. The molecule has 4 rings (SSSR count). The number of benzene rings is 2. The van der Waals surface area contributed by atoms with Crippen LogP contribution in [0.2, 0.25) is 0 Å². The second-order valence-corrected chi connectivity index (χ2v) is 10.3. The van der Waals surface area contributed by atoms with Gasteiger partial charge < -0.3 is 14.2 Å². The van der Waals surface area contributed by atoms with E-state index >= 15 is 0 Å². The number of aryl methyl sites for hydroxylation is 3. The lowest BCUT2D eigenvalue weighted by Crippen LogP contribution is -2.38. The van der Waals surface area contributed by atoms with Crippen molar-refractivity contribution in [3.63, 3.8) is 0 Å². The zero-order valence-electron chi connectivity index (χ0n) is 22.2. The number of ether oxygens (including phenoxy) is 1. The highest BCUT2D eigenvalue weighted by molar-refractivity contribution is 5.81. The Balaban J connectivity index is 1.76. The molecule has 1 amide bonds. The number of aromatic nitrogens is 4. The molecule has 2 heterocycles. The maximum absolute atomic E-state index is 13.2. The minimum absolute atomic E-state index is 0.0781. The fraction of sp³-hybridized carbons (Fsp3) is 0.393. The van der Waals surface area contributed by atoms with Crippen LogP contribution in [-0.4, -0.2) is 42.7 Å². The van der Waals surface area contributed by atoms with Gasteiger partial charge in [-0.15, -0.1) is 0 Å². The van der Waals surface area contributed by atoms with Crippen molar-refractivity contribution in [3.8, 4) is 11.5 Å². The SMILES string of the molecule is CCc1ccc(CN(CCn2c3nc(=O)[nH]c(=O)c-3nc3cc(C)c(C)cc32)C(=O)OC(C)(C)C)cc1. The van der Waals surface area contributed by atoms with E-state index in [0.717, 1.165) is 28.6 Å². The van der Waals surface area contributed by atoms with Crippen LogP contribution in [0.1, 0.15) is 49.9 Å². The highest BCUT2D eigenvalue weighted by Gasteiger charge is 2.24. The number of amides is 1. The van der Waals surface area contributed by atoms with Crippen LogP contribution in [-0.2, 0) is 24.2 Å². The predicted octanol–water partition coefficient (Wildman–Crippen LogP) is 4.20. The first-order valence-electron chi connectivity index (χ1n) is 12.4. The van der Waals surface area contributed by atoms with Gasteiger partial charge in [-0.1, -0.05) is 31.2 Å². The van der Waals surface area contributed by atoms with E-state index in [9.17, 15) is 14.4 Å². The molecule has 0 aliphatic carbocycles. The van der Waals surface area contributed by atoms with Crippen molar-refractivity contribution >= 4 is 17.1 Å². The Morgan fingerprint density at radius 2 is 1.68 bits per heavy atom. The van der Waals surface area contributed by atoms with Gasteiger partial charge in [0.15, 0.2) is 11.5 Å². The maximum Gasteiger partial charge on any atom is 0.410 e. The van der Waals surface area contributed by atoms with Gasteiger partial charge >= 0.3 is 11.8 Å². The summed E-state index contributed by atoms with van der Waals surface area (Å²) in [6, 6.07) is 12.0. The molecule has 0 saturated carbocycles. The summed E-state index contributed by atoms with van der Waals surface area (Å²) in [5.74, 6) is 0.181. The monoisotopic (exact) mass is 503 g/mol. The van der Waals surface area contributed by atoms with E-state index in [1.54, 1.807) is 9.47 Å². The lowest BCUT2D eigenvalue weighted by Gasteiger charge is -2.28. The first kappa shape index (κ1) is 26.1. The number of nitrogens with zero attached hydrogens (tertiary/aromatic N) is 4. The second kappa shape index (κ2) is 10.2. The second-order valence-electron chi connectivity index (χ2n) is 10.3. The Kier molecular flexibility index (Phi) is 7.16. The lowest BCUT2D eigenvalue weighted by molar-refractivity contribution is 0.0227. The smallest absolute Gasteiger partial charge is 0.410 e. The first-order chi connectivity index (χ1) is 17.4. The molecule has 2 aliphatic rings. The minimum atomic E-state index is -0.740. The molecule has 0 aromatic heterocycles. The quantitative estimate of drug-likeness (QED) is 0.395. The molecule has 2 aliphatic heterocycles. The number of H-pyrrole nitrogens is 1. The van der Waals surface area contributed by atoms with E-state index in [2.05, 4.69) is 34.0 Å². The van der Waals surface area contributed by atoms with Crippen molar-refractivity contribution in [2.75, 3.05) is 6.54 Å². The van der Waals surface area contributed by atoms with Crippen molar-refractivity contribution in [2.45, 2.75) is 66.7 Å². The predicted molar refractivity (Wildman–Crippen MR) is 143 cm³/mol. The van der Waals surface area contributed by atoms with E-state index in [-0.39, 0.29) is 24.6 Å². The van der Waals surface area contributed by atoms with Gasteiger partial charge in [-0.3, -0.25) is 9.78 Å². The van der Waals surface area contributed by atoms with Crippen molar-refractivity contribution in [3.05, 3.63) is 79.5 Å². The Hall–Kier alpha value is -4.01. The lowest BCUT2D eigenvalue weighted by atomic mass is 10.1. The molecule has 0 radical (unpaired) electrons. The first-order valence-corrected chi connectivity index (χ1v) is 12.4. The topological polar surface area (TPSA) is 110 Å². The number of fused-ring (bicyclic) bond motifs is 2. The Bertz CT molecular complexity index is 1530. The molecule has 0 saturated heterocycles. The molecule has 1 N–H and O–H groups in total. The standard InChI is InChI=1S/C28H33N5O4/c1-7-19-8-10-20(11-9-19)16-32(27(36)37-28(4,5)6)12-13-33-22-15-18(3)17(2)14-21(22)29-23-24(33)30-26(35)31-25(23)34/h8-11,14-15H,7,12-13,16H2,1-6H3,(H,31,34,35). The average molecular weight is 504 g/mol. The van der Waals surface area contributed by atoms with Gasteiger partial charge in [0.25, 0.3) is 5.56 Å². The fourth-order valence-corrected chi connectivity index (χ4v) is 4.16. The van der Waals surface area contributed by atoms with Gasteiger partial charge in [0, 0.05) is 19.6 Å². The van der Waals surface area contributed by atoms with E-state index in [1.807, 2.05) is 58.9 Å². The van der Waals surface area contributed by atoms with E-state index in [0.29, 0.717) is 12.1 Å². The largest absolute Gasteiger partial charge is 0.444 e. The normalized spacial score (nSPS) is 11.7. The highest BCUT2D eigenvalue weighted by Crippen LogP contribution is 2.24. The number of hydrogen-bond acceptors (Lipinski definition) is 6. The summed E-state index contributed by atoms with van der Waals surface area (Å²) >= 11 is 0. The van der Waals surface area contributed by atoms with Gasteiger partial charge in [0.1, 0.15) is 5.60 Å². The van der Waals surface area contributed by atoms with Crippen LogP contribution in [0.4, 0.5) is 4.79 Å². The van der Waals surface area contributed by atoms with Crippen LogP contribution in [0.3, 0.4) is 0 Å². The molecule has 9 nitrogen and oxygen atoms in total. The molecular formula is C28H33N5O4. The number of rotatable bonds is 6. The number of carbonyl (C=O) groups excluding carboxylic acids is 1. The summed E-state index contributed by atoms with van der Waals surface area (Å²) in [6.07, 6.45) is 0.486. The van der Waals surface area contributed by atoms with E-state index in [1.165, 1.54) is 5.56 Å². The zero-order valence-corrected chi connectivity index (χ0v) is 22.2. The van der Waals surface area contributed by atoms with Crippen molar-refractivity contribution in [1.82, 2.24) is 24.4 Å². The van der Waals surface area contributed by atoms with E-state index in [4.69, 9.17) is 4.74 Å². The summed E-state index contributed by atoms with van der Waals surface area (Å²) in [6.45, 7) is 12.4. The van der Waals surface area contributed by atoms with Gasteiger partial charge in [0.2, 0.25) is 0 Å². The summed E-state index contributed by atoms with van der Waals surface area (Å²) in [7, 11) is 0. The van der Waals surface area contributed by atoms with Crippen LogP contribution in [0.5, 0.6) is 0 Å². The molecule has 37 heavy (non-hydrogen) atoms. The third kappa shape index (κ3) is 5.87. The summed E-state index contributed by atoms with van der Waals surface area (Å²) in [5, 5.41) is 0. The molecule has 0 spiro atoms. The highest BCUT2D eigenvalue weighted by atomic mass is 16.6. The van der Waals surface area contributed by atoms with Crippen LogP contribution in [0.15, 0.2) is 46.0 Å². The molecule has 2 aromatic carbocycles. The van der Waals surface area contributed by atoms with Gasteiger partial charge in [-0.25, -0.2) is 14.6 Å². The van der Waals surface area contributed by atoms with Gasteiger partial charge in [-0.05, 0) is 75.4 Å². The van der Waals surface area contributed by atoms with Crippen LogP contribution < -0.4 is 11.2 Å². The molecule has 2 aromatic rings. The number of aromatic amines is 1. The minimum Gasteiger partial charge on any atom is -0.444 e. The summed E-state index contributed by atoms with van der Waals surface area (Å²) < 4.78 is 7.49. The Labute approximate surface area is 215 Å². The fourth-order valence-electron chi connectivity index (χ4n) is 4.16. The molecule has 0 fully saturated rings. The van der Waals surface area contributed by atoms with Crippen LogP contribution in [0, 0.1) is 13.8 Å². The van der Waals surface area contributed by atoms with Crippen molar-refractivity contribution in [1.29, 1.82) is 0 Å². The summed E-state index contributed by atoms with van der Waals surface area (Å²) in [4.78, 5) is 50.3. The molecule has 0 unspecified atom stereocenters. The molecule has 0 bridgehead atoms. The summed E-state index contributed by atoms with van der Waals surface area (Å²) in [5.41, 5.74) is 3.68. The van der Waals surface area contributed by atoms with Gasteiger partial charge in [-0.2, -0.15) is 4.98 Å². The Morgan fingerprint density at radius 3 is 2.32 bits per heavy atom. The molecule has 9 heteroatoms. The number of nitrogens with one attached hydrogen (secondary N) is 1. The van der Waals surface area contributed by atoms with Crippen molar-refractivity contribution < 1.29 is 9.53 Å². The molecule has 0 atom stereocenters. The van der Waals surface area contributed by atoms with Gasteiger partial charge in [0.05, 0.1) is 11.0 Å². The van der Waals surface area contributed by atoms with Crippen molar-refractivity contribution in [2.24, 2.45) is 0 Å².